The van der Waals surface area contributed by atoms with E-state index in [4.69, 9.17) is 4.74 Å². The summed E-state index contributed by atoms with van der Waals surface area (Å²) in [5.41, 5.74) is 2.43. The van der Waals surface area contributed by atoms with Crippen molar-refractivity contribution in [3.63, 3.8) is 0 Å². The van der Waals surface area contributed by atoms with Gasteiger partial charge in [-0.2, -0.15) is 0 Å². The quantitative estimate of drug-likeness (QED) is 0.807. The average molecular weight is 283 g/mol. The van der Waals surface area contributed by atoms with Crippen molar-refractivity contribution in [3.05, 3.63) is 71.8 Å². The molecule has 0 aromatic heterocycles. The average Bonchev–Trinajstić information content (AvgIpc) is 2.52. The molecule has 0 bridgehead atoms. The monoisotopic (exact) mass is 283 g/mol. The number of ether oxygens (including phenoxy) is 1. The van der Waals surface area contributed by atoms with Gasteiger partial charge in [-0.1, -0.05) is 74.5 Å². The molecule has 21 heavy (non-hydrogen) atoms. The zero-order chi connectivity index (χ0) is 15.1. The molecule has 0 fully saturated rings. The number of rotatable bonds is 7. The normalized spacial score (nSPS) is 14.1. The van der Waals surface area contributed by atoms with Crippen LogP contribution in [0.5, 0.6) is 0 Å². The molecule has 0 radical (unpaired) electrons. The van der Waals surface area contributed by atoms with Gasteiger partial charge in [0.2, 0.25) is 0 Å². The van der Waals surface area contributed by atoms with Crippen LogP contribution >= 0.6 is 0 Å². The van der Waals surface area contributed by atoms with E-state index in [-0.39, 0.29) is 12.2 Å². The fraction of sp³-hybridized carbons (Fsp3) is 0.368. The van der Waals surface area contributed by atoms with Gasteiger partial charge in [0.1, 0.15) is 0 Å². The summed E-state index contributed by atoms with van der Waals surface area (Å²) in [5.74, 6) is 0. The van der Waals surface area contributed by atoms with E-state index in [1.165, 1.54) is 11.1 Å². The molecule has 2 rings (SSSR count). The van der Waals surface area contributed by atoms with E-state index in [1.807, 2.05) is 12.1 Å². The zero-order valence-electron chi connectivity index (χ0n) is 13.1. The molecule has 2 heteroatoms. The topological polar surface area (TPSA) is 21.3 Å². The standard InChI is InChI=1S/C19H25NO/c1-15(2)20-14-19(18-12-8-5-9-13-18)21-16(3)17-10-6-4-7-11-17/h4-13,15-16,19-20H,14H2,1-3H3. The molecule has 112 valence electrons. The first-order valence-corrected chi connectivity index (χ1v) is 7.65. The van der Waals surface area contributed by atoms with Gasteiger partial charge in [0.05, 0.1) is 12.2 Å². The van der Waals surface area contributed by atoms with Crippen molar-refractivity contribution in [3.8, 4) is 0 Å². The van der Waals surface area contributed by atoms with Crippen LogP contribution in [0.2, 0.25) is 0 Å². The van der Waals surface area contributed by atoms with Crippen LogP contribution in [0.4, 0.5) is 0 Å². The Balaban J connectivity index is 2.08. The summed E-state index contributed by atoms with van der Waals surface area (Å²) >= 11 is 0. The molecule has 0 spiro atoms. The molecular formula is C19H25NO. The lowest BCUT2D eigenvalue weighted by Crippen LogP contribution is -2.29. The first-order chi connectivity index (χ1) is 10.2. The lowest BCUT2D eigenvalue weighted by molar-refractivity contribution is -0.00524. The van der Waals surface area contributed by atoms with Crippen molar-refractivity contribution in [2.75, 3.05) is 6.54 Å². The predicted octanol–water partition coefficient (Wildman–Crippen LogP) is 4.50. The molecule has 0 amide bonds. The van der Waals surface area contributed by atoms with Crippen molar-refractivity contribution >= 4 is 0 Å². The highest BCUT2D eigenvalue weighted by atomic mass is 16.5. The third-order valence-electron chi connectivity index (χ3n) is 3.52. The first kappa shape index (κ1) is 15.7. The lowest BCUT2D eigenvalue weighted by atomic mass is 10.1. The van der Waals surface area contributed by atoms with Crippen molar-refractivity contribution in [2.45, 2.75) is 39.0 Å². The Bertz CT molecular complexity index is 510. The van der Waals surface area contributed by atoms with Gasteiger partial charge in [-0.3, -0.25) is 0 Å². The molecule has 0 aliphatic heterocycles. The molecule has 2 aromatic carbocycles. The second kappa shape index (κ2) is 7.96. The van der Waals surface area contributed by atoms with Crippen LogP contribution in [0.3, 0.4) is 0 Å². The summed E-state index contributed by atoms with van der Waals surface area (Å²) in [7, 11) is 0. The Kier molecular flexibility index (Phi) is 5.97. The van der Waals surface area contributed by atoms with Gasteiger partial charge >= 0.3 is 0 Å². The lowest BCUT2D eigenvalue weighted by Gasteiger charge is -2.24. The van der Waals surface area contributed by atoms with Crippen LogP contribution in [-0.2, 0) is 4.74 Å². The second-order valence-corrected chi connectivity index (χ2v) is 5.65. The minimum absolute atomic E-state index is 0.0591. The highest BCUT2D eigenvalue weighted by molar-refractivity contribution is 5.20. The zero-order valence-corrected chi connectivity index (χ0v) is 13.1. The van der Waals surface area contributed by atoms with E-state index in [9.17, 15) is 0 Å². The molecular weight excluding hydrogens is 258 g/mol. The molecule has 0 aliphatic rings. The molecule has 2 nitrogen and oxygen atoms in total. The SMILES string of the molecule is CC(C)NCC(OC(C)c1ccccc1)c1ccccc1. The highest BCUT2D eigenvalue weighted by Crippen LogP contribution is 2.26. The maximum atomic E-state index is 6.31. The molecule has 1 N–H and O–H groups in total. The number of hydrogen-bond donors (Lipinski definition) is 1. The van der Waals surface area contributed by atoms with Gasteiger partial charge in [-0.15, -0.1) is 0 Å². The van der Waals surface area contributed by atoms with Crippen LogP contribution in [0, 0.1) is 0 Å². The van der Waals surface area contributed by atoms with E-state index < -0.39 is 0 Å². The van der Waals surface area contributed by atoms with E-state index in [2.05, 4.69) is 74.6 Å². The largest absolute Gasteiger partial charge is 0.365 e. The molecule has 0 heterocycles. The Morgan fingerprint density at radius 2 is 1.33 bits per heavy atom. The molecule has 0 aliphatic carbocycles. The Morgan fingerprint density at radius 3 is 1.86 bits per heavy atom. The fourth-order valence-corrected chi connectivity index (χ4v) is 2.30. The van der Waals surface area contributed by atoms with E-state index in [1.54, 1.807) is 0 Å². The van der Waals surface area contributed by atoms with Crippen LogP contribution in [0.1, 0.15) is 44.1 Å². The maximum Gasteiger partial charge on any atom is 0.0957 e. The van der Waals surface area contributed by atoms with Gasteiger partial charge in [0, 0.05) is 12.6 Å². The molecule has 0 saturated carbocycles. The van der Waals surface area contributed by atoms with Crippen LogP contribution in [0.15, 0.2) is 60.7 Å². The molecule has 2 atom stereocenters. The number of hydrogen-bond acceptors (Lipinski definition) is 2. The van der Waals surface area contributed by atoms with Crippen LogP contribution < -0.4 is 5.32 Å². The van der Waals surface area contributed by atoms with E-state index in [0.29, 0.717) is 6.04 Å². The van der Waals surface area contributed by atoms with Crippen molar-refractivity contribution in [1.29, 1.82) is 0 Å². The Hall–Kier alpha value is -1.64. The third-order valence-corrected chi connectivity index (χ3v) is 3.52. The molecule has 2 unspecified atom stereocenters. The minimum Gasteiger partial charge on any atom is -0.365 e. The summed E-state index contributed by atoms with van der Waals surface area (Å²) in [4.78, 5) is 0. The summed E-state index contributed by atoms with van der Waals surface area (Å²) < 4.78 is 6.31. The van der Waals surface area contributed by atoms with Gasteiger partial charge in [-0.05, 0) is 18.1 Å². The van der Waals surface area contributed by atoms with Crippen LogP contribution in [-0.4, -0.2) is 12.6 Å². The Morgan fingerprint density at radius 1 is 0.810 bits per heavy atom. The third kappa shape index (κ3) is 5.00. The minimum atomic E-state index is 0.0591. The van der Waals surface area contributed by atoms with Gasteiger partial charge in [0.25, 0.3) is 0 Å². The maximum absolute atomic E-state index is 6.31. The number of benzene rings is 2. The molecule has 0 saturated heterocycles. The smallest absolute Gasteiger partial charge is 0.0957 e. The highest BCUT2D eigenvalue weighted by Gasteiger charge is 2.16. The fourth-order valence-electron chi connectivity index (χ4n) is 2.30. The summed E-state index contributed by atoms with van der Waals surface area (Å²) in [6.07, 6.45) is 0.133. The van der Waals surface area contributed by atoms with E-state index >= 15 is 0 Å². The van der Waals surface area contributed by atoms with Gasteiger partial charge in [0.15, 0.2) is 0 Å². The van der Waals surface area contributed by atoms with E-state index in [0.717, 1.165) is 6.54 Å². The van der Waals surface area contributed by atoms with Crippen molar-refractivity contribution in [2.24, 2.45) is 0 Å². The second-order valence-electron chi connectivity index (χ2n) is 5.65. The van der Waals surface area contributed by atoms with Gasteiger partial charge in [-0.25, -0.2) is 0 Å². The predicted molar refractivity (Wildman–Crippen MR) is 88.3 cm³/mol. The Labute approximate surface area is 128 Å². The van der Waals surface area contributed by atoms with Crippen molar-refractivity contribution in [1.82, 2.24) is 5.32 Å². The van der Waals surface area contributed by atoms with Crippen LogP contribution in [0.25, 0.3) is 0 Å². The summed E-state index contributed by atoms with van der Waals surface area (Å²) in [6.45, 7) is 7.24. The first-order valence-electron chi connectivity index (χ1n) is 7.65. The number of nitrogens with one attached hydrogen (secondary N) is 1. The molecule has 2 aromatic rings. The van der Waals surface area contributed by atoms with Gasteiger partial charge < -0.3 is 10.1 Å². The van der Waals surface area contributed by atoms with Crippen molar-refractivity contribution < 1.29 is 4.74 Å². The summed E-state index contributed by atoms with van der Waals surface area (Å²) in [5, 5.41) is 3.48. The summed E-state index contributed by atoms with van der Waals surface area (Å²) in [6, 6.07) is 21.2.